The van der Waals surface area contributed by atoms with Gasteiger partial charge in [0.2, 0.25) is 6.21 Å². The van der Waals surface area contributed by atoms with E-state index in [9.17, 15) is 22.0 Å². The van der Waals surface area contributed by atoms with E-state index in [1.807, 2.05) is 0 Å². The van der Waals surface area contributed by atoms with Gasteiger partial charge < -0.3 is 9.62 Å². The van der Waals surface area contributed by atoms with Crippen molar-refractivity contribution >= 4 is 26.5 Å². The van der Waals surface area contributed by atoms with E-state index in [4.69, 9.17) is 9.11 Å². The summed E-state index contributed by atoms with van der Waals surface area (Å²) in [5.41, 5.74) is 0. The summed E-state index contributed by atoms with van der Waals surface area (Å²) in [7, 11) is -9.91. The molecule has 1 aromatic rings. The van der Waals surface area contributed by atoms with Gasteiger partial charge in [0, 0.05) is 12.5 Å². The summed E-state index contributed by atoms with van der Waals surface area (Å²) >= 11 is 0. The lowest BCUT2D eigenvalue weighted by Crippen LogP contribution is -2.05. The van der Waals surface area contributed by atoms with Crippen molar-refractivity contribution < 1.29 is 35.1 Å². The first-order chi connectivity index (χ1) is 8.55. The van der Waals surface area contributed by atoms with Crippen LogP contribution in [0, 0.1) is 5.21 Å². The molecule has 0 saturated heterocycles. The van der Waals surface area contributed by atoms with Crippen molar-refractivity contribution in [2.45, 2.75) is 23.3 Å². The zero-order chi connectivity index (χ0) is 14.8. The Hall–Kier alpha value is -1.43. The summed E-state index contributed by atoms with van der Waals surface area (Å²) in [6.45, 7) is 1.79. The molecule has 0 atom stereocenters. The Kier molecular flexibility index (Phi) is 4.35. The lowest BCUT2D eigenvalue weighted by molar-refractivity contribution is -0.452. The first-order valence-electron chi connectivity index (χ1n) is 4.93. The Morgan fingerprint density at radius 3 is 2.26 bits per heavy atom. The molecule has 0 fully saturated rings. The Labute approximate surface area is 109 Å². The zero-order valence-corrected chi connectivity index (χ0v) is 11.3. The van der Waals surface area contributed by atoms with E-state index in [1.165, 1.54) is 0 Å². The number of nitrogens with zero attached hydrogens (tertiary/aromatic N) is 1. The van der Waals surface area contributed by atoms with Crippen LogP contribution in [0.1, 0.15) is 19.1 Å². The van der Waals surface area contributed by atoms with Gasteiger partial charge in [-0.2, -0.15) is 16.8 Å². The predicted octanol–water partition coefficient (Wildman–Crippen LogP) is 0.112. The maximum atomic E-state index is 11.2. The highest BCUT2D eigenvalue weighted by atomic mass is 32.2. The predicted molar refractivity (Wildman–Crippen MR) is 62.3 cm³/mol. The molecular weight excluding hydrogens is 302 g/mol. The molecule has 0 bridgehead atoms. The lowest BCUT2D eigenvalue weighted by atomic mass is 10.4. The first-order valence-corrected chi connectivity index (χ1v) is 7.81. The molecule has 11 heteroatoms. The Morgan fingerprint density at radius 1 is 1.32 bits per heavy atom. The molecule has 1 heterocycles. The fraction of sp³-hybridized carbons (Fsp3) is 0.375. The maximum Gasteiger partial charge on any atom is 0.329 e. The van der Waals surface area contributed by atoms with E-state index >= 15 is 0 Å². The minimum atomic E-state index is -4.99. The van der Waals surface area contributed by atoms with Crippen molar-refractivity contribution in [2.24, 2.45) is 0 Å². The van der Waals surface area contributed by atoms with Gasteiger partial charge in [-0.05, 0) is 0 Å². The minimum absolute atomic E-state index is 0.0725. The van der Waals surface area contributed by atoms with Crippen molar-refractivity contribution in [2.75, 3.05) is 6.54 Å². The van der Waals surface area contributed by atoms with Crippen LogP contribution in [0.2, 0.25) is 0 Å². The van der Waals surface area contributed by atoms with Gasteiger partial charge in [-0.15, -0.1) is 0 Å². The van der Waals surface area contributed by atoms with Crippen LogP contribution in [-0.4, -0.2) is 43.4 Å². The molecule has 0 radical (unpaired) electrons. The van der Waals surface area contributed by atoms with E-state index in [0.29, 0.717) is 17.2 Å². The third-order valence-electron chi connectivity index (χ3n) is 1.91. The molecule has 108 valence electrons. The highest BCUT2D eigenvalue weighted by Gasteiger charge is 2.30. The average Bonchev–Trinajstić information content (AvgIpc) is 2.60. The third-order valence-corrected chi connectivity index (χ3v) is 3.67. The molecule has 2 N–H and O–H groups in total. The van der Waals surface area contributed by atoms with Crippen LogP contribution in [0.5, 0.6) is 0 Å². The molecule has 1 rings (SSSR count). The van der Waals surface area contributed by atoms with Crippen LogP contribution in [-0.2, 0) is 20.2 Å². The fourth-order valence-corrected chi connectivity index (χ4v) is 2.89. The van der Waals surface area contributed by atoms with Crippen LogP contribution in [0.25, 0.3) is 0 Å². The van der Waals surface area contributed by atoms with Crippen LogP contribution in [0.3, 0.4) is 0 Å². The molecule has 0 aliphatic heterocycles. The lowest BCUT2D eigenvalue weighted by Gasteiger charge is -1.99. The molecule has 0 aliphatic carbocycles. The number of furan rings is 1. The van der Waals surface area contributed by atoms with Gasteiger partial charge in [0.05, 0.1) is 0 Å². The summed E-state index contributed by atoms with van der Waals surface area (Å²) < 4.78 is 66.2. The van der Waals surface area contributed by atoms with Crippen LogP contribution in [0.15, 0.2) is 20.5 Å². The third kappa shape index (κ3) is 4.02. The van der Waals surface area contributed by atoms with Gasteiger partial charge in [-0.25, -0.2) is 4.74 Å². The second kappa shape index (κ2) is 5.28. The summed E-state index contributed by atoms with van der Waals surface area (Å²) in [6.07, 6.45) is 1.30. The van der Waals surface area contributed by atoms with Gasteiger partial charge in [0.25, 0.3) is 15.2 Å². The summed E-state index contributed by atoms with van der Waals surface area (Å²) in [4.78, 5) is -1.13. The van der Waals surface area contributed by atoms with Crippen molar-refractivity contribution in [3.63, 3.8) is 0 Å². The highest BCUT2D eigenvalue weighted by molar-refractivity contribution is 7.88. The van der Waals surface area contributed by atoms with Crippen molar-refractivity contribution in [3.8, 4) is 0 Å². The first kappa shape index (κ1) is 15.6. The van der Waals surface area contributed by atoms with Crippen LogP contribution < -0.4 is 0 Å². The van der Waals surface area contributed by atoms with Gasteiger partial charge in [0.15, 0.2) is 17.2 Å². The SMILES string of the molecule is CCC[N+]([O-])=Cc1cc(S(=O)(=O)O)c(S(=O)(=O)O)o1. The van der Waals surface area contributed by atoms with Crippen molar-refractivity contribution in [3.05, 3.63) is 17.0 Å². The molecule has 0 unspecified atom stereocenters. The molecule has 0 aliphatic rings. The summed E-state index contributed by atoms with van der Waals surface area (Å²) in [6, 6.07) is 0.624. The fourth-order valence-electron chi connectivity index (χ4n) is 1.22. The van der Waals surface area contributed by atoms with E-state index < -0.39 is 36.0 Å². The highest BCUT2D eigenvalue weighted by Crippen LogP contribution is 2.24. The molecular formula is C8H11NO8S2. The van der Waals surface area contributed by atoms with E-state index in [2.05, 4.69) is 4.42 Å². The molecule has 9 nitrogen and oxygen atoms in total. The molecule has 0 amide bonds. The Balaban J connectivity index is 3.43. The number of hydrogen-bond donors (Lipinski definition) is 2. The number of rotatable bonds is 5. The normalized spacial score (nSPS) is 13.7. The van der Waals surface area contributed by atoms with Crippen molar-refractivity contribution in [1.82, 2.24) is 0 Å². The monoisotopic (exact) mass is 313 g/mol. The van der Waals surface area contributed by atoms with E-state index in [-0.39, 0.29) is 6.54 Å². The van der Waals surface area contributed by atoms with Crippen molar-refractivity contribution in [1.29, 1.82) is 0 Å². The molecule has 19 heavy (non-hydrogen) atoms. The average molecular weight is 313 g/mol. The largest absolute Gasteiger partial charge is 0.624 e. The van der Waals surface area contributed by atoms with Gasteiger partial charge in [0.1, 0.15) is 0 Å². The topological polar surface area (TPSA) is 148 Å². The van der Waals surface area contributed by atoms with E-state index in [1.54, 1.807) is 6.92 Å². The minimum Gasteiger partial charge on any atom is -0.624 e. The second-order valence-corrected chi connectivity index (χ2v) is 6.23. The van der Waals surface area contributed by atoms with Gasteiger partial charge >= 0.3 is 10.1 Å². The molecule has 0 spiro atoms. The maximum absolute atomic E-state index is 11.2. The van der Waals surface area contributed by atoms with Crippen LogP contribution in [0.4, 0.5) is 0 Å². The molecule has 1 aromatic heterocycles. The zero-order valence-electron chi connectivity index (χ0n) is 9.68. The Morgan fingerprint density at radius 2 is 1.89 bits per heavy atom. The van der Waals surface area contributed by atoms with Gasteiger partial charge in [-0.3, -0.25) is 9.11 Å². The molecule has 0 saturated carbocycles. The number of hydroxylamine groups is 1. The summed E-state index contributed by atoms with van der Waals surface area (Å²) in [5.74, 6) is -0.427. The molecule has 0 aromatic carbocycles. The van der Waals surface area contributed by atoms with E-state index in [0.717, 1.165) is 6.21 Å². The quantitative estimate of drug-likeness (QED) is 0.256. The standard InChI is InChI=1S/C8H11NO8S2/c1-2-3-9(10)5-6-4-7(18(11,12)13)8(17-6)19(14,15)16/h4-5H,2-3H2,1H3,(H,11,12,13)(H,14,15,16). The number of hydrogen-bond acceptors (Lipinski definition) is 6. The van der Waals surface area contributed by atoms with Gasteiger partial charge in [-0.1, -0.05) is 6.92 Å². The summed E-state index contributed by atoms with van der Waals surface area (Å²) in [5, 5.41) is 9.87. The smallest absolute Gasteiger partial charge is 0.329 e. The second-order valence-electron chi connectivity index (χ2n) is 3.52. The van der Waals surface area contributed by atoms with Crippen LogP contribution >= 0.6 is 0 Å². The Bertz CT molecular complexity index is 648.